The summed E-state index contributed by atoms with van der Waals surface area (Å²) in [7, 11) is 0. The van der Waals surface area contributed by atoms with Crippen LogP contribution in [0, 0.1) is 11.8 Å². The van der Waals surface area contributed by atoms with Crippen molar-refractivity contribution in [2.45, 2.75) is 13.3 Å². The molecule has 0 aliphatic carbocycles. The molecule has 1 aliphatic rings. The summed E-state index contributed by atoms with van der Waals surface area (Å²) < 4.78 is 0. The van der Waals surface area contributed by atoms with E-state index in [-0.39, 0.29) is 24.2 Å². The van der Waals surface area contributed by atoms with Gasteiger partial charge in [-0.05, 0) is 29.9 Å². The van der Waals surface area contributed by atoms with Crippen LogP contribution in [-0.4, -0.2) is 40.8 Å². The lowest BCUT2D eigenvalue weighted by molar-refractivity contribution is -0.143. The average Bonchev–Trinajstić information content (AvgIpc) is 3.14. The van der Waals surface area contributed by atoms with Crippen LogP contribution in [0.2, 0.25) is 0 Å². The second-order valence-corrected chi connectivity index (χ2v) is 7.39. The normalized spacial score (nSPS) is 20.3. The molecule has 1 amide bonds. The number of aliphatic carboxylic acids is 1. The van der Waals surface area contributed by atoms with E-state index in [1.54, 1.807) is 41.3 Å². The first kappa shape index (κ1) is 17.4. The van der Waals surface area contributed by atoms with Crippen molar-refractivity contribution in [3.63, 3.8) is 0 Å². The van der Waals surface area contributed by atoms with Gasteiger partial charge >= 0.3 is 5.97 Å². The van der Waals surface area contributed by atoms with Crippen LogP contribution >= 0.6 is 11.3 Å². The molecule has 25 heavy (non-hydrogen) atoms. The molecule has 2 unspecified atom stereocenters. The standard InChI is InChI=1S/C19H19NO4S/c1-12-9-13(19(23)24)11-20(10-12)18(22)15-6-3-2-5-14(15)17(21)16-7-4-8-25-16/h2-8,12-13H,9-11H2,1H3,(H,23,24). The van der Waals surface area contributed by atoms with Crippen LogP contribution in [0.4, 0.5) is 0 Å². The third kappa shape index (κ3) is 3.64. The number of amides is 1. The second-order valence-electron chi connectivity index (χ2n) is 6.44. The van der Waals surface area contributed by atoms with Gasteiger partial charge in [-0.15, -0.1) is 11.3 Å². The molecular formula is C19H19NO4S. The van der Waals surface area contributed by atoms with Gasteiger partial charge in [0.05, 0.1) is 16.4 Å². The summed E-state index contributed by atoms with van der Waals surface area (Å²) in [5.41, 5.74) is 0.694. The Labute approximate surface area is 149 Å². The summed E-state index contributed by atoms with van der Waals surface area (Å²) in [5.74, 6) is -1.80. The molecular weight excluding hydrogens is 338 g/mol. The first-order chi connectivity index (χ1) is 12.0. The predicted molar refractivity (Wildman–Crippen MR) is 95.0 cm³/mol. The summed E-state index contributed by atoms with van der Waals surface area (Å²) in [6.07, 6.45) is 0.564. The van der Waals surface area contributed by atoms with Crippen LogP contribution in [0.15, 0.2) is 41.8 Å². The summed E-state index contributed by atoms with van der Waals surface area (Å²) in [5, 5.41) is 11.1. The zero-order valence-electron chi connectivity index (χ0n) is 13.8. The Balaban J connectivity index is 1.90. The minimum Gasteiger partial charge on any atom is -0.481 e. The van der Waals surface area contributed by atoms with E-state index >= 15 is 0 Å². The molecule has 1 aromatic carbocycles. The Kier molecular flexibility index (Phi) is 4.99. The maximum Gasteiger partial charge on any atom is 0.308 e. The summed E-state index contributed by atoms with van der Waals surface area (Å²) in [6.45, 7) is 2.63. The maximum absolute atomic E-state index is 13.0. The van der Waals surface area contributed by atoms with Crippen LogP contribution in [0.5, 0.6) is 0 Å². The molecule has 5 nitrogen and oxygen atoms in total. The van der Waals surface area contributed by atoms with Gasteiger partial charge in [-0.3, -0.25) is 14.4 Å². The zero-order chi connectivity index (χ0) is 18.0. The van der Waals surface area contributed by atoms with Gasteiger partial charge in [-0.1, -0.05) is 31.2 Å². The van der Waals surface area contributed by atoms with Crippen LogP contribution in [-0.2, 0) is 4.79 Å². The summed E-state index contributed by atoms with van der Waals surface area (Å²) in [4.78, 5) is 39.2. The third-order valence-electron chi connectivity index (χ3n) is 4.44. The Bertz CT molecular complexity index is 800. The van der Waals surface area contributed by atoms with Gasteiger partial charge in [0.15, 0.2) is 0 Å². The van der Waals surface area contributed by atoms with E-state index in [1.807, 2.05) is 12.3 Å². The monoisotopic (exact) mass is 357 g/mol. The number of rotatable bonds is 4. The lowest BCUT2D eigenvalue weighted by Gasteiger charge is -2.35. The van der Waals surface area contributed by atoms with Crippen molar-refractivity contribution in [3.8, 4) is 0 Å². The van der Waals surface area contributed by atoms with Crippen molar-refractivity contribution in [1.82, 2.24) is 4.90 Å². The molecule has 1 aromatic heterocycles. The highest BCUT2D eigenvalue weighted by Gasteiger charge is 2.33. The van der Waals surface area contributed by atoms with Gasteiger partial charge in [0.1, 0.15) is 0 Å². The van der Waals surface area contributed by atoms with E-state index in [9.17, 15) is 19.5 Å². The molecule has 2 heterocycles. The molecule has 2 atom stereocenters. The number of likely N-dealkylation sites (tertiary alicyclic amines) is 1. The highest BCUT2D eigenvalue weighted by Crippen LogP contribution is 2.25. The van der Waals surface area contributed by atoms with Gasteiger partial charge in [0.25, 0.3) is 5.91 Å². The van der Waals surface area contributed by atoms with Gasteiger partial charge in [-0.2, -0.15) is 0 Å². The van der Waals surface area contributed by atoms with Crippen molar-refractivity contribution >= 4 is 29.0 Å². The number of piperidine rings is 1. The Morgan fingerprint density at radius 3 is 2.44 bits per heavy atom. The van der Waals surface area contributed by atoms with Crippen molar-refractivity contribution < 1.29 is 19.5 Å². The van der Waals surface area contributed by atoms with E-state index in [0.717, 1.165) is 0 Å². The number of hydrogen-bond acceptors (Lipinski definition) is 4. The van der Waals surface area contributed by atoms with E-state index < -0.39 is 11.9 Å². The number of carboxylic acids is 1. The van der Waals surface area contributed by atoms with Crippen molar-refractivity contribution in [2.24, 2.45) is 11.8 Å². The first-order valence-corrected chi connectivity index (χ1v) is 9.04. The van der Waals surface area contributed by atoms with Crippen molar-refractivity contribution in [2.75, 3.05) is 13.1 Å². The summed E-state index contributed by atoms with van der Waals surface area (Å²) in [6, 6.07) is 10.3. The fraction of sp³-hybridized carbons (Fsp3) is 0.316. The Morgan fingerprint density at radius 1 is 1.08 bits per heavy atom. The van der Waals surface area contributed by atoms with E-state index in [4.69, 9.17) is 0 Å². The van der Waals surface area contributed by atoms with Gasteiger partial charge in [0, 0.05) is 18.7 Å². The largest absolute Gasteiger partial charge is 0.481 e. The van der Waals surface area contributed by atoms with Crippen LogP contribution in [0.1, 0.15) is 38.9 Å². The Hall–Kier alpha value is -2.47. The number of carbonyl (C=O) groups is 3. The molecule has 2 aromatic rings. The SMILES string of the molecule is CC1CC(C(=O)O)CN(C(=O)c2ccccc2C(=O)c2cccs2)C1. The summed E-state index contributed by atoms with van der Waals surface area (Å²) >= 11 is 1.33. The smallest absolute Gasteiger partial charge is 0.308 e. The lowest BCUT2D eigenvalue weighted by atomic mass is 9.89. The topological polar surface area (TPSA) is 74.7 Å². The fourth-order valence-corrected chi connectivity index (χ4v) is 3.95. The van der Waals surface area contributed by atoms with E-state index in [0.29, 0.717) is 29.0 Å². The molecule has 130 valence electrons. The van der Waals surface area contributed by atoms with Crippen LogP contribution in [0.3, 0.4) is 0 Å². The molecule has 0 radical (unpaired) electrons. The third-order valence-corrected chi connectivity index (χ3v) is 5.31. The predicted octanol–water partition coefficient (Wildman–Crippen LogP) is 3.16. The molecule has 1 saturated heterocycles. The van der Waals surface area contributed by atoms with Crippen molar-refractivity contribution in [3.05, 3.63) is 57.8 Å². The van der Waals surface area contributed by atoms with Crippen molar-refractivity contribution in [1.29, 1.82) is 0 Å². The zero-order valence-corrected chi connectivity index (χ0v) is 14.7. The molecule has 0 bridgehead atoms. The highest BCUT2D eigenvalue weighted by atomic mass is 32.1. The molecule has 0 saturated carbocycles. The molecule has 3 rings (SSSR count). The Morgan fingerprint density at radius 2 is 1.80 bits per heavy atom. The second kappa shape index (κ2) is 7.19. The molecule has 1 aliphatic heterocycles. The number of thiophene rings is 1. The number of hydrogen-bond donors (Lipinski definition) is 1. The van der Waals surface area contributed by atoms with E-state index in [1.165, 1.54) is 11.3 Å². The van der Waals surface area contributed by atoms with Gasteiger partial charge in [-0.25, -0.2) is 0 Å². The first-order valence-electron chi connectivity index (χ1n) is 8.16. The number of carbonyl (C=O) groups excluding carboxylic acids is 2. The number of benzene rings is 1. The van der Waals surface area contributed by atoms with Gasteiger partial charge < -0.3 is 10.0 Å². The molecule has 1 N–H and O–H groups in total. The minimum absolute atomic E-state index is 0.110. The number of carboxylic acid groups (broad SMARTS) is 1. The average molecular weight is 357 g/mol. The van der Waals surface area contributed by atoms with E-state index in [2.05, 4.69) is 0 Å². The number of ketones is 1. The molecule has 0 spiro atoms. The fourth-order valence-electron chi connectivity index (χ4n) is 3.27. The van der Waals surface area contributed by atoms with Gasteiger partial charge in [0.2, 0.25) is 5.78 Å². The van der Waals surface area contributed by atoms with Crippen LogP contribution < -0.4 is 0 Å². The number of nitrogens with zero attached hydrogens (tertiary/aromatic N) is 1. The highest BCUT2D eigenvalue weighted by molar-refractivity contribution is 7.12. The molecule has 6 heteroatoms. The lowest BCUT2D eigenvalue weighted by Crippen LogP contribution is -2.45. The quantitative estimate of drug-likeness (QED) is 0.853. The molecule has 1 fully saturated rings. The minimum atomic E-state index is -0.882. The van der Waals surface area contributed by atoms with Crippen LogP contribution in [0.25, 0.3) is 0 Å². The maximum atomic E-state index is 13.0.